The molecule has 0 amide bonds. The molecule has 0 aliphatic heterocycles. The predicted molar refractivity (Wildman–Crippen MR) is 227 cm³/mol. The van der Waals surface area contributed by atoms with Gasteiger partial charge in [-0.15, -0.1) is 0 Å². The Morgan fingerprint density at radius 3 is 1.80 bits per heavy atom. The molecule has 5 nitrogen and oxygen atoms in total. The van der Waals surface area contributed by atoms with Crippen molar-refractivity contribution in [3.05, 3.63) is 207 Å². The lowest BCUT2D eigenvalue weighted by molar-refractivity contribution is -0.645. The van der Waals surface area contributed by atoms with Crippen molar-refractivity contribution in [1.29, 1.82) is 0 Å². The smallest absolute Gasteiger partial charge is 0.249 e. The normalized spacial score (nSPS) is 11.7. The summed E-state index contributed by atoms with van der Waals surface area (Å²) in [5.41, 5.74) is 5.48. The molecule has 0 atom stereocenters. The fourth-order valence-corrected chi connectivity index (χ4v) is 13.1. The molecule has 0 saturated carbocycles. The molecule has 10 rings (SSSR count). The number of hydrogen-bond donors (Lipinski definition) is 0. The molecule has 0 fully saturated rings. The molecule has 0 unspecified atom stereocenters. The third-order valence-electron chi connectivity index (χ3n) is 10.8. The Hall–Kier alpha value is -7.02. The van der Waals surface area contributed by atoms with Gasteiger partial charge in [-0.2, -0.15) is 4.57 Å². The van der Waals surface area contributed by atoms with E-state index in [1.165, 1.54) is 31.6 Å². The molecule has 3 heterocycles. The Balaban J connectivity index is 1.13. The number of imidazole rings is 1. The number of ether oxygens (including phenoxy) is 1. The van der Waals surface area contributed by atoms with Gasteiger partial charge in [0.25, 0.3) is 0 Å². The molecule has 0 spiro atoms. The first-order valence-electron chi connectivity index (χ1n) is 18.6. The van der Waals surface area contributed by atoms with E-state index in [0.717, 1.165) is 44.9 Å². The lowest BCUT2D eigenvalue weighted by Crippen LogP contribution is -2.74. The third kappa shape index (κ3) is 5.46. The van der Waals surface area contributed by atoms with Gasteiger partial charge in [0.05, 0.1) is 18.1 Å². The first-order chi connectivity index (χ1) is 27.2. The summed E-state index contributed by atoms with van der Waals surface area (Å²) in [5.74, 6) is 2.40. The highest BCUT2D eigenvalue weighted by molar-refractivity contribution is 7.19. The van der Waals surface area contributed by atoms with Crippen molar-refractivity contribution in [1.82, 2.24) is 14.1 Å². The molecule has 0 radical (unpaired) electrons. The maximum absolute atomic E-state index is 6.66. The van der Waals surface area contributed by atoms with Gasteiger partial charge in [0.1, 0.15) is 23.0 Å². The van der Waals surface area contributed by atoms with E-state index in [0.29, 0.717) is 0 Å². The van der Waals surface area contributed by atoms with E-state index < -0.39 is 8.07 Å². The lowest BCUT2D eigenvalue weighted by atomic mass is 10.1. The molecule has 0 aliphatic carbocycles. The maximum Gasteiger partial charge on any atom is 0.249 e. The zero-order valence-corrected chi connectivity index (χ0v) is 31.3. The second-order valence-electron chi connectivity index (χ2n) is 14.0. The zero-order valence-electron chi connectivity index (χ0n) is 30.3. The van der Waals surface area contributed by atoms with Crippen LogP contribution in [0.4, 0.5) is 0 Å². The minimum Gasteiger partial charge on any atom is -0.457 e. The number of rotatable bonds is 8. The molecule has 6 heteroatoms. The number of pyridine rings is 1. The van der Waals surface area contributed by atoms with Crippen LogP contribution in [0.5, 0.6) is 11.5 Å². The molecule has 3 aromatic heterocycles. The van der Waals surface area contributed by atoms with Gasteiger partial charge >= 0.3 is 0 Å². The third-order valence-corrected chi connectivity index (χ3v) is 15.6. The van der Waals surface area contributed by atoms with Crippen molar-refractivity contribution in [3.8, 4) is 23.0 Å². The topological polar surface area (TPSA) is 35.9 Å². The van der Waals surface area contributed by atoms with E-state index in [9.17, 15) is 0 Å². The Morgan fingerprint density at radius 1 is 0.491 bits per heavy atom. The van der Waals surface area contributed by atoms with Crippen molar-refractivity contribution >= 4 is 61.7 Å². The van der Waals surface area contributed by atoms with E-state index in [2.05, 4.69) is 209 Å². The van der Waals surface area contributed by atoms with Crippen LogP contribution in [-0.2, 0) is 7.05 Å². The summed E-state index contributed by atoms with van der Waals surface area (Å²) in [7, 11) is -0.697. The van der Waals surface area contributed by atoms with Gasteiger partial charge in [-0.05, 0) is 75.3 Å². The van der Waals surface area contributed by atoms with Crippen LogP contribution in [0.3, 0.4) is 0 Å². The van der Waals surface area contributed by atoms with Crippen LogP contribution in [0.25, 0.3) is 44.3 Å². The Morgan fingerprint density at radius 2 is 1.09 bits per heavy atom. The van der Waals surface area contributed by atoms with Crippen molar-refractivity contribution in [2.24, 2.45) is 7.05 Å². The van der Waals surface area contributed by atoms with Gasteiger partial charge in [0.2, 0.25) is 6.33 Å². The van der Waals surface area contributed by atoms with Gasteiger partial charge in [-0.3, -0.25) is 4.57 Å². The summed E-state index contributed by atoms with van der Waals surface area (Å²) in [5, 5.41) is 7.56. The van der Waals surface area contributed by atoms with Gasteiger partial charge in [0.15, 0.2) is 19.1 Å². The van der Waals surface area contributed by atoms with Crippen molar-refractivity contribution in [3.63, 3.8) is 0 Å². The first kappa shape index (κ1) is 32.6. The Labute approximate surface area is 320 Å². The molecule has 0 saturated heterocycles. The average molecular weight is 726 g/mol. The van der Waals surface area contributed by atoms with E-state index in [4.69, 9.17) is 9.72 Å². The molecule has 55 heavy (non-hydrogen) atoms. The number of para-hydroxylation sites is 3. The maximum atomic E-state index is 6.66. The number of hydrogen-bond acceptors (Lipinski definition) is 2. The fourth-order valence-electron chi connectivity index (χ4n) is 8.40. The largest absolute Gasteiger partial charge is 0.457 e. The standard InChI is InChI=1S/C49H37N4OSi/c1-51-35-52(47-27-14-13-26-46(47)51)36-16-15-17-37(32-36)54-38-28-29-44-43-24-11-12-25-45(43)53(48(44)33-38)49-34-42(30-31-50-49)55(39-18-5-2-6-19-39,40-20-7-3-8-21-40)41-22-9-4-10-23-41/h2-35H,1H3/q+1. The van der Waals surface area contributed by atoms with Gasteiger partial charge in [0, 0.05) is 29.1 Å². The predicted octanol–water partition coefficient (Wildman–Crippen LogP) is 8.12. The van der Waals surface area contributed by atoms with Crippen LogP contribution in [0, 0.1) is 0 Å². The van der Waals surface area contributed by atoms with Gasteiger partial charge in [-0.1, -0.05) is 127 Å². The minimum atomic E-state index is -2.77. The minimum absolute atomic E-state index is 0.759. The monoisotopic (exact) mass is 725 g/mol. The number of aromatic nitrogens is 4. The fraction of sp³-hybridized carbons (Fsp3) is 0.0204. The second-order valence-corrected chi connectivity index (χ2v) is 17.8. The van der Waals surface area contributed by atoms with E-state index in [1.54, 1.807) is 0 Å². The number of fused-ring (bicyclic) bond motifs is 4. The van der Waals surface area contributed by atoms with Crippen LogP contribution in [0.1, 0.15) is 0 Å². The van der Waals surface area contributed by atoms with Gasteiger partial charge < -0.3 is 4.74 Å². The Kier molecular flexibility index (Phi) is 7.97. The molecule has 0 aliphatic rings. The summed E-state index contributed by atoms with van der Waals surface area (Å²) in [4.78, 5) is 5.10. The summed E-state index contributed by atoms with van der Waals surface area (Å²) in [6, 6.07) is 69.3. The molecule has 0 bridgehead atoms. The number of benzene rings is 7. The summed E-state index contributed by atoms with van der Waals surface area (Å²) in [6.07, 6.45) is 4.10. The molecule has 7 aromatic carbocycles. The van der Waals surface area contributed by atoms with Crippen LogP contribution in [-0.4, -0.2) is 22.2 Å². The summed E-state index contributed by atoms with van der Waals surface area (Å²) >= 11 is 0. The average Bonchev–Trinajstić information content (AvgIpc) is 3.77. The second kappa shape index (κ2) is 13.4. The Bertz CT molecular complexity index is 2880. The summed E-state index contributed by atoms with van der Waals surface area (Å²) < 4.78 is 13.3. The van der Waals surface area contributed by atoms with E-state index in [-0.39, 0.29) is 0 Å². The lowest BCUT2D eigenvalue weighted by Gasteiger charge is -2.34. The first-order valence-corrected chi connectivity index (χ1v) is 20.6. The highest BCUT2D eigenvalue weighted by Gasteiger charge is 2.41. The quantitative estimate of drug-likeness (QED) is 0.0902. The van der Waals surface area contributed by atoms with E-state index >= 15 is 0 Å². The highest BCUT2D eigenvalue weighted by atomic mass is 28.3. The number of aryl methyl sites for hydroxylation is 1. The molecular weight excluding hydrogens is 689 g/mol. The van der Waals surface area contributed by atoms with Crippen LogP contribution in [0.15, 0.2) is 207 Å². The van der Waals surface area contributed by atoms with Crippen molar-refractivity contribution in [2.45, 2.75) is 0 Å². The molecule has 262 valence electrons. The molecular formula is C49H37N4OSi+. The van der Waals surface area contributed by atoms with Crippen LogP contribution < -0.4 is 30.1 Å². The highest BCUT2D eigenvalue weighted by Crippen LogP contribution is 2.35. The molecule has 10 aromatic rings. The number of nitrogens with zero attached hydrogens (tertiary/aromatic N) is 4. The van der Waals surface area contributed by atoms with Crippen LogP contribution in [0.2, 0.25) is 0 Å². The zero-order chi connectivity index (χ0) is 36.8. The van der Waals surface area contributed by atoms with Crippen LogP contribution >= 0.6 is 0 Å². The van der Waals surface area contributed by atoms with E-state index in [1.807, 2.05) is 18.3 Å². The van der Waals surface area contributed by atoms with Gasteiger partial charge in [-0.25, -0.2) is 9.55 Å². The van der Waals surface area contributed by atoms with Crippen molar-refractivity contribution in [2.75, 3.05) is 0 Å². The summed E-state index contributed by atoms with van der Waals surface area (Å²) in [6.45, 7) is 0. The molecule has 0 N–H and O–H groups in total. The van der Waals surface area contributed by atoms with Crippen molar-refractivity contribution < 1.29 is 9.30 Å². The SMILES string of the molecule is C[n+]1cn(-c2cccc(Oc3ccc4c5ccccc5n(-c5cc([Si](c6ccccc6)(c6ccccc6)c6ccccc6)ccn5)c4c3)c2)c2ccccc21.